The van der Waals surface area contributed by atoms with Crippen molar-refractivity contribution in [2.45, 2.75) is 12.7 Å². The molecule has 0 fully saturated rings. The van der Waals surface area contributed by atoms with Crippen molar-refractivity contribution in [2.24, 2.45) is 5.10 Å². The van der Waals surface area contributed by atoms with Gasteiger partial charge < -0.3 is 14.8 Å². The molecule has 0 saturated carbocycles. The quantitative estimate of drug-likeness (QED) is 0.316. The fourth-order valence-electron chi connectivity index (χ4n) is 2.91. The second kappa shape index (κ2) is 13.1. The van der Waals surface area contributed by atoms with Gasteiger partial charge in [-0.1, -0.05) is 24.3 Å². The van der Waals surface area contributed by atoms with Gasteiger partial charge in [0, 0.05) is 11.4 Å². The first-order valence-corrected chi connectivity index (χ1v) is 11.8. The molecular formula is C26H27N3O4S. The number of carbonyl (C=O) groups excluding carboxylic acids is 2. The minimum absolute atomic E-state index is 0.115. The second-order valence-corrected chi connectivity index (χ2v) is 8.33. The van der Waals surface area contributed by atoms with Crippen LogP contribution in [0.15, 0.2) is 77.9 Å². The fourth-order valence-corrected chi connectivity index (χ4v) is 3.80. The van der Waals surface area contributed by atoms with Gasteiger partial charge in [0.05, 0.1) is 19.1 Å². The highest BCUT2D eigenvalue weighted by molar-refractivity contribution is 7.99. The van der Waals surface area contributed by atoms with E-state index in [4.69, 9.17) is 9.47 Å². The molecule has 0 bridgehead atoms. The Bertz CT molecular complexity index is 1120. The monoisotopic (exact) mass is 477 g/mol. The van der Waals surface area contributed by atoms with Crippen molar-refractivity contribution in [2.75, 3.05) is 24.8 Å². The average molecular weight is 478 g/mol. The Kier molecular flexibility index (Phi) is 9.54. The largest absolute Gasteiger partial charge is 0.497 e. The summed E-state index contributed by atoms with van der Waals surface area (Å²) in [6, 6.07) is 22.2. The lowest BCUT2D eigenvalue weighted by molar-refractivity contribution is -0.119. The van der Waals surface area contributed by atoms with E-state index in [1.54, 1.807) is 73.6 Å². The van der Waals surface area contributed by atoms with Crippen LogP contribution in [0.3, 0.4) is 0 Å². The highest BCUT2D eigenvalue weighted by atomic mass is 32.2. The molecule has 3 aromatic rings. The molecule has 0 atom stereocenters. The van der Waals surface area contributed by atoms with E-state index in [0.717, 1.165) is 17.1 Å². The maximum Gasteiger partial charge on any atom is 0.262 e. The molecule has 7 nitrogen and oxygen atoms in total. The predicted octanol–water partition coefficient (Wildman–Crippen LogP) is 4.40. The number of nitrogens with one attached hydrogen (secondary N) is 2. The number of aryl methyl sites for hydroxylation is 1. The van der Waals surface area contributed by atoms with E-state index < -0.39 is 0 Å². The van der Waals surface area contributed by atoms with Crippen LogP contribution in [0.2, 0.25) is 0 Å². The first kappa shape index (κ1) is 24.9. The van der Waals surface area contributed by atoms with E-state index in [-0.39, 0.29) is 18.4 Å². The number of nitrogens with zero attached hydrogens (tertiary/aromatic N) is 1. The minimum Gasteiger partial charge on any atom is -0.497 e. The molecule has 2 amide bonds. The van der Waals surface area contributed by atoms with Gasteiger partial charge in [0.15, 0.2) is 6.61 Å². The van der Waals surface area contributed by atoms with E-state index >= 15 is 0 Å². The molecule has 0 aliphatic heterocycles. The number of hydrogen-bond donors (Lipinski definition) is 2. The summed E-state index contributed by atoms with van der Waals surface area (Å²) in [4.78, 5) is 24.0. The fraction of sp³-hybridized carbons (Fsp3) is 0.192. The van der Waals surface area contributed by atoms with Gasteiger partial charge in [0.1, 0.15) is 11.5 Å². The zero-order valence-electron chi connectivity index (χ0n) is 19.1. The number of hydrogen-bond acceptors (Lipinski definition) is 6. The van der Waals surface area contributed by atoms with Gasteiger partial charge in [-0.15, -0.1) is 11.8 Å². The van der Waals surface area contributed by atoms with Gasteiger partial charge in [-0.25, -0.2) is 5.43 Å². The highest BCUT2D eigenvalue weighted by Gasteiger charge is 2.05. The topological polar surface area (TPSA) is 89.0 Å². The van der Waals surface area contributed by atoms with Crippen molar-refractivity contribution in [3.05, 3.63) is 89.5 Å². The third-order valence-corrected chi connectivity index (χ3v) is 5.76. The van der Waals surface area contributed by atoms with Crippen LogP contribution in [0.4, 0.5) is 5.69 Å². The zero-order valence-corrected chi connectivity index (χ0v) is 19.9. The number of anilines is 1. The van der Waals surface area contributed by atoms with Gasteiger partial charge in [-0.05, 0) is 72.1 Å². The molecular weight excluding hydrogens is 450 g/mol. The molecule has 3 rings (SSSR count). The van der Waals surface area contributed by atoms with E-state index in [1.165, 1.54) is 11.1 Å². The number of rotatable bonds is 11. The predicted molar refractivity (Wildman–Crippen MR) is 137 cm³/mol. The number of carbonyl (C=O) groups is 2. The molecule has 0 spiro atoms. The minimum atomic E-state index is -0.265. The van der Waals surface area contributed by atoms with Crippen LogP contribution < -0.4 is 20.2 Å². The van der Waals surface area contributed by atoms with Crippen molar-refractivity contribution >= 4 is 35.5 Å². The lowest BCUT2D eigenvalue weighted by Crippen LogP contribution is -2.20. The van der Waals surface area contributed by atoms with Crippen LogP contribution in [0, 0.1) is 6.92 Å². The molecule has 0 radical (unpaired) electrons. The Morgan fingerprint density at radius 1 is 0.941 bits per heavy atom. The van der Waals surface area contributed by atoms with Gasteiger partial charge in [-0.3, -0.25) is 9.59 Å². The number of ether oxygens (including phenoxy) is 2. The summed E-state index contributed by atoms with van der Waals surface area (Å²) >= 11 is 1.55. The first-order valence-electron chi connectivity index (χ1n) is 10.6. The molecule has 0 unspecified atom stereocenters. The average Bonchev–Trinajstić information content (AvgIpc) is 2.85. The van der Waals surface area contributed by atoms with Crippen LogP contribution in [0.25, 0.3) is 0 Å². The van der Waals surface area contributed by atoms with Crippen molar-refractivity contribution in [1.29, 1.82) is 0 Å². The number of hydrazone groups is 1. The van der Waals surface area contributed by atoms with Crippen molar-refractivity contribution in [3.63, 3.8) is 0 Å². The Labute approximate surface area is 203 Å². The van der Waals surface area contributed by atoms with Crippen LogP contribution in [0.5, 0.6) is 11.5 Å². The highest BCUT2D eigenvalue weighted by Crippen LogP contribution is 2.16. The Morgan fingerprint density at radius 3 is 2.35 bits per heavy atom. The summed E-state index contributed by atoms with van der Waals surface area (Å²) in [7, 11) is 1.59. The van der Waals surface area contributed by atoms with Gasteiger partial charge in [-0.2, -0.15) is 5.10 Å². The van der Waals surface area contributed by atoms with Gasteiger partial charge >= 0.3 is 0 Å². The van der Waals surface area contributed by atoms with Crippen LogP contribution >= 0.6 is 11.8 Å². The number of benzene rings is 3. The molecule has 34 heavy (non-hydrogen) atoms. The lowest BCUT2D eigenvalue weighted by atomic mass is 10.1. The Morgan fingerprint density at radius 2 is 1.65 bits per heavy atom. The molecule has 0 saturated heterocycles. The molecule has 176 valence electrons. The Balaban J connectivity index is 1.36. The van der Waals surface area contributed by atoms with E-state index in [1.807, 2.05) is 12.1 Å². The molecule has 2 N–H and O–H groups in total. The lowest BCUT2D eigenvalue weighted by Gasteiger charge is -2.08. The van der Waals surface area contributed by atoms with Crippen molar-refractivity contribution < 1.29 is 19.1 Å². The standard InChI is InChI=1S/C26H27N3O4S/c1-19-5-3-4-6-21(19)17-34-18-26(31)29-27-15-20-7-11-24(12-8-20)33-16-25(30)28-22-9-13-23(32-2)14-10-22/h3-15H,16-18H2,1-2H3,(H,28,30)(H,29,31)/b27-15-. The molecule has 0 aliphatic rings. The van der Waals surface area contributed by atoms with Gasteiger partial charge in [0.25, 0.3) is 5.91 Å². The van der Waals surface area contributed by atoms with Crippen LogP contribution in [-0.2, 0) is 15.3 Å². The second-order valence-electron chi connectivity index (χ2n) is 7.35. The third kappa shape index (κ3) is 8.29. The van der Waals surface area contributed by atoms with E-state index in [9.17, 15) is 9.59 Å². The van der Waals surface area contributed by atoms with Crippen molar-refractivity contribution in [3.8, 4) is 11.5 Å². The molecule has 0 aromatic heterocycles. The summed E-state index contributed by atoms with van der Waals surface area (Å²) in [6.45, 7) is 1.95. The molecule has 0 aliphatic carbocycles. The summed E-state index contributed by atoms with van der Waals surface area (Å²) in [5.74, 6) is 1.96. The summed E-state index contributed by atoms with van der Waals surface area (Å²) in [5, 5.41) is 6.75. The zero-order chi connectivity index (χ0) is 24.2. The summed E-state index contributed by atoms with van der Waals surface area (Å²) in [5.41, 5.74) is 6.44. The molecule has 3 aromatic carbocycles. The smallest absolute Gasteiger partial charge is 0.262 e. The third-order valence-electron chi connectivity index (χ3n) is 4.78. The Hall–Kier alpha value is -3.78. The maximum atomic E-state index is 12.1. The number of amides is 2. The van der Waals surface area contributed by atoms with Crippen molar-refractivity contribution in [1.82, 2.24) is 5.43 Å². The van der Waals surface area contributed by atoms with Crippen LogP contribution in [0.1, 0.15) is 16.7 Å². The van der Waals surface area contributed by atoms with E-state index in [2.05, 4.69) is 34.9 Å². The normalized spacial score (nSPS) is 10.6. The van der Waals surface area contributed by atoms with Gasteiger partial charge in [0.2, 0.25) is 5.91 Å². The molecule has 0 heterocycles. The maximum absolute atomic E-state index is 12.1. The molecule has 8 heteroatoms. The SMILES string of the molecule is COc1ccc(NC(=O)COc2ccc(/C=N\NC(=O)CSCc3ccccc3C)cc2)cc1. The van der Waals surface area contributed by atoms with Crippen LogP contribution in [-0.4, -0.2) is 37.5 Å². The summed E-state index contributed by atoms with van der Waals surface area (Å²) < 4.78 is 10.6. The summed E-state index contributed by atoms with van der Waals surface area (Å²) in [6.07, 6.45) is 1.56. The number of thioether (sulfide) groups is 1. The van der Waals surface area contributed by atoms with E-state index in [0.29, 0.717) is 17.2 Å². The first-order chi connectivity index (χ1) is 16.5. The number of methoxy groups -OCH3 is 1.